The minimum absolute atomic E-state index is 0.198. The number of nitrogens with zero attached hydrogens (tertiary/aromatic N) is 2. The number of carbonyl (C=O) groups excluding carboxylic acids is 2. The Kier molecular flexibility index (Phi) is 5.68. The number of nitrogens with one attached hydrogen (secondary N) is 2. The molecule has 0 bridgehead atoms. The highest BCUT2D eigenvalue weighted by Crippen LogP contribution is 2.33. The second-order valence-electron chi connectivity index (χ2n) is 6.86. The van der Waals surface area contributed by atoms with Crippen LogP contribution in [0.25, 0.3) is 10.7 Å². The molecule has 0 aliphatic heterocycles. The SMILES string of the molecule is CCc1nc(-c2cc(NC(=O)c3ccc(C)c(NC(=O)c4ccco4)c3)c(C)s2)no1. The predicted molar refractivity (Wildman–Crippen MR) is 118 cm³/mol. The van der Waals surface area contributed by atoms with Gasteiger partial charge in [-0.3, -0.25) is 9.59 Å². The number of amides is 2. The van der Waals surface area contributed by atoms with Gasteiger partial charge in [0.05, 0.1) is 16.8 Å². The third kappa shape index (κ3) is 4.41. The van der Waals surface area contributed by atoms with Crippen LogP contribution in [0.3, 0.4) is 0 Å². The lowest BCUT2D eigenvalue weighted by molar-refractivity contribution is 0.0993. The number of aromatic nitrogens is 2. The predicted octanol–water partition coefficient (Wildman–Crippen LogP) is 5.07. The molecule has 0 spiro atoms. The maximum atomic E-state index is 12.9. The number of thiophene rings is 1. The molecule has 0 saturated carbocycles. The summed E-state index contributed by atoms with van der Waals surface area (Å²) in [5.74, 6) is 0.598. The molecule has 8 nitrogen and oxygen atoms in total. The highest BCUT2D eigenvalue weighted by atomic mass is 32.1. The molecule has 0 atom stereocenters. The van der Waals surface area contributed by atoms with Crippen LogP contribution in [0.4, 0.5) is 11.4 Å². The molecule has 2 N–H and O–H groups in total. The van der Waals surface area contributed by atoms with Gasteiger partial charge in [-0.15, -0.1) is 11.3 Å². The minimum Gasteiger partial charge on any atom is -0.459 e. The lowest BCUT2D eigenvalue weighted by atomic mass is 10.1. The summed E-state index contributed by atoms with van der Waals surface area (Å²) in [6, 6.07) is 10.2. The smallest absolute Gasteiger partial charge is 0.291 e. The molecule has 0 aliphatic carbocycles. The van der Waals surface area contributed by atoms with Gasteiger partial charge in [-0.05, 0) is 49.7 Å². The zero-order valence-corrected chi connectivity index (χ0v) is 18.0. The monoisotopic (exact) mass is 436 g/mol. The number of benzene rings is 1. The van der Waals surface area contributed by atoms with Gasteiger partial charge in [-0.1, -0.05) is 18.1 Å². The van der Waals surface area contributed by atoms with Crippen molar-refractivity contribution in [3.63, 3.8) is 0 Å². The van der Waals surface area contributed by atoms with Crippen molar-refractivity contribution in [1.29, 1.82) is 0 Å². The van der Waals surface area contributed by atoms with E-state index in [9.17, 15) is 9.59 Å². The van der Waals surface area contributed by atoms with Gasteiger partial charge in [0, 0.05) is 22.5 Å². The first-order valence-electron chi connectivity index (χ1n) is 9.65. The first-order valence-corrected chi connectivity index (χ1v) is 10.5. The maximum Gasteiger partial charge on any atom is 0.291 e. The summed E-state index contributed by atoms with van der Waals surface area (Å²) in [7, 11) is 0. The Morgan fingerprint density at radius 2 is 1.87 bits per heavy atom. The van der Waals surface area contributed by atoms with E-state index in [-0.39, 0.29) is 17.6 Å². The number of hydrogen-bond donors (Lipinski definition) is 2. The molecule has 3 heterocycles. The average Bonchev–Trinajstić information content (AvgIpc) is 3.51. The number of rotatable bonds is 6. The molecular formula is C22H20N4O4S. The quantitative estimate of drug-likeness (QED) is 0.436. The van der Waals surface area contributed by atoms with Gasteiger partial charge >= 0.3 is 0 Å². The van der Waals surface area contributed by atoms with E-state index in [0.717, 1.165) is 15.3 Å². The van der Waals surface area contributed by atoms with E-state index in [1.807, 2.05) is 26.8 Å². The highest BCUT2D eigenvalue weighted by Gasteiger charge is 2.17. The molecule has 0 radical (unpaired) electrons. The molecule has 9 heteroatoms. The van der Waals surface area contributed by atoms with Gasteiger partial charge in [0.1, 0.15) is 0 Å². The normalized spacial score (nSPS) is 10.8. The Bertz CT molecular complexity index is 1240. The van der Waals surface area contributed by atoms with Crippen LogP contribution in [-0.2, 0) is 6.42 Å². The van der Waals surface area contributed by atoms with Crippen LogP contribution in [0.2, 0.25) is 0 Å². The van der Waals surface area contributed by atoms with Gasteiger partial charge in [-0.25, -0.2) is 0 Å². The van der Waals surface area contributed by atoms with Gasteiger partial charge in [0.15, 0.2) is 5.76 Å². The van der Waals surface area contributed by atoms with Gasteiger partial charge in [-0.2, -0.15) is 4.98 Å². The number of anilines is 2. The summed E-state index contributed by atoms with van der Waals surface area (Å²) < 4.78 is 10.3. The summed E-state index contributed by atoms with van der Waals surface area (Å²) in [4.78, 5) is 31.2. The molecule has 4 rings (SSSR count). The third-order valence-corrected chi connectivity index (χ3v) is 5.70. The fraction of sp³-hybridized carbons (Fsp3) is 0.182. The minimum atomic E-state index is -0.379. The second-order valence-corrected chi connectivity index (χ2v) is 8.12. The lowest BCUT2D eigenvalue weighted by Gasteiger charge is -2.10. The van der Waals surface area contributed by atoms with Crippen molar-refractivity contribution in [2.75, 3.05) is 10.6 Å². The molecule has 0 saturated heterocycles. The topological polar surface area (TPSA) is 110 Å². The zero-order valence-electron chi connectivity index (χ0n) is 17.2. The van der Waals surface area contributed by atoms with E-state index < -0.39 is 0 Å². The zero-order chi connectivity index (χ0) is 22.0. The summed E-state index contributed by atoms with van der Waals surface area (Å²) in [6.45, 7) is 5.70. The van der Waals surface area contributed by atoms with Crippen LogP contribution in [0, 0.1) is 13.8 Å². The lowest BCUT2D eigenvalue weighted by Crippen LogP contribution is -2.15. The summed E-state index contributed by atoms with van der Waals surface area (Å²) in [6.07, 6.45) is 2.09. The summed E-state index contributed by atoms with van der Waals surface area (Å²) in [5.41, 5.74) is 2.46. The number of hydrogen-bond acceptors (Lipinski definition) is 7. The van der Waals surface area contributed by atoms with E-state index in [4.69, 9.17) is 8.94 Å². The van der Waals surface area contributed by atoms with Crippen LogP contribution in [0.1, 0.15) is 44.2 Å². The molecule has 0 fully saturated rings. The number of carbonyl (C=O) groups is 2. The number of aryl methyl sites for hydroxylation is 3. The van der Waals surface area contributed by atoms with Crippen LogP contribution < -0.4 is 10.6 Å². The fourth-order valence-corrected chi connectivity index (χ4v) is 3.80. The largest absolute Gasteiger partial charge is 0.459 e. The molecule has 31 heavy (non-hydrogen) atoms. The van der Waals surface area contributed by atoms with Crippen molar-refractivity contribution in [2.24, 2.45) is 0 Å². The number of furan rings is 1. The molecule has 158 valence electrons. The van der Waals surface area contributed by atoms with Crippen LogP contribution in [0.15, 0.2) is 51.6 Å². The highest BCUT2D eigenvalue weighted by molar-refractivity contribution is 7.16. The second kappa shape index (κ2) is 8.57. The van der Waals surface area contributed by atoms with Crippen molar-refractivity contribution >= 4 is 34.5 Å². The standard InChI is InChI=1S/C22H20N4O4S/c1-4-19-25-20(26-30-19)18-11-16(13(3)31-18)24-21(27)14-8-7-12(2)15(10-14)23-22(28)17-6-5-9-29-17/h5-11H,4H2,1-3H3,(H,23,28)(H,24,27). The first kappa shape index (κ1) is 20.5. The Labute approximate surface area is 182 Å². The third-order valence-electron chi connectivity index (χ3n) is 4.65. The first-order chi connectivity index (χ1) is 14.9. The van der Waals surface area contributed by atoms with Crippen LogP contribution in [0.5, 0.6) is 0 Å². The molecule has 0 unspecified atom stereocenters. The van der Waals surface area contributed by atoms with E-state index in [1.165, 1.54) is 17.6 Å². The molecule has 2 amide bonds. The van der Waals surface area contributed by atoms with E-state index in [0.29, 0.717) is 35.1 Å². The van der Waals surface area contributed by atoms with Crippen molar-refractivity contribution in [2.45, 2.75) is 27.2 Å². The van der Waals surface area contributed by atoms with E-state index in [2.05, 4.69) is 20.8 Å². The molecular weight excluding hydrogens is 416 g/mol. The Balaban J connectivity index is 1.52. The van der Waals surface area contributed by atoms with E-state index in [1.54, 1.807) is 30.3 Å². The van der Waals surface area contributed by atoms with Gasteiger partial charge < -0.3 is 19.6 Å². The van der Waals surface area contributed by atoms with Crippen molar-refractivity contribution < 1.29 is 18.5 Å². The fourth-order valence-electron chi connectivity index (χ4n) is 2.90. The molecule has 4 aromatic rings. The molecule has 0 aliphatic rings. The summed E-state index contributed by atoms with van der Waals surface area (Å²) >= 11 is 1.47. The van der Waals surface area contributed by atoms with Gasteiger partial charge in [0.2, 0.25) is 11.7 Å². The summed E-state index contributed by atoms with van der Waals surface area (Å²) in [5, 5.41) is 9.68. The Morgan fingerprint density at radius 3 is 2.58 bits per heavy atom. The van der Waals surface area contributed by atoms with Crippen molar-refractivity contribution in [3.05, 3.63) is 70.3 Å². The van der Waals surface area contributed by atoms with Crippen LogP contribution in [-0.4, -0.2) is 22.0 Å². The maximum absolute atomic E-state index is 12.9. The van der Waals surface area contributed by atoms with Crippen molar-refractivity contribution in [1.82, 2.24) is 10.1 Å². The molecule has 1 aromatic carbocycles. The Hall–Kier alpha value is -3.72. The Morgan fingerprint density at radius 1 is 1.06 bits per heavy atom. The van der Waals surface area contributed by atoms with Crippen LogP contribution >= 0.6 is 11.3 Å². The van der Waals surface area contributed by atoms with Gasteiger partial charge in [0.25, 0.3) is 11.8 Å². The van der Waals surface area contributed by atoms with E-state index >= 15 is 0 Å². The average molecular weight is 436 g/mol. The molecule has 3 aromatic heterocycles. The van der Waals surface area contributed by atoms with Crippen molar-refractivity contribution in [3.8, 4) is 10.7 Å².